The number of aromatic nitrogens is 2. The molecule has 0 atom stereocenters. The van der Waals surface area contributed by atoms with Gasteiger partial charge in [0.25, 0.3) is 0 Å². The fraction of sp³-hybridized carbons (Fsp3) is 0.0870. The minimum Gasteiger partial charge on any atom is -0.379 e. The van der Waals surface area contributed by atoms with E-state index in [-0.39, 0.29) is 0 Å². The highest BCUT2D eigenvalue weighted by atomic mass is 35.5. The fourth-order valence-corrected chi connectivity index (χ4v) is 4.02. The highest BCUT2D eigenvalue weighted by molar-refractivity contribution is 6.35. The van der Waals surface area contributed by atoms with Crippen molar-refractivity contribution in [3.63, 3.8) is 0 Å². The van der Waals surface area contributed by atoms with Gasteiger partial charge >= 0.3 is 0 Å². The summed E-state index contributed by atoms with van der Waals surface area (Å²) < 4.78 is 0. The number of nitrogens with zero attached hydrogens (tertiary/aromatic N) is 3. The van der Waals surface area contributed by atoms with Crippen LogP contribution in [0.3, 0.4) is 0 Å². The van der Waals surface area contributed by atoms with E-state index in [1.54, 1.807) is 0 Å². The van der Waals surface area contributed by atoms with E-state index in [0.717, 1.165) is 51.2 Å². The van der Waals surface area contributed by atoms with Gasteiger partial charge in [0.1, 0.15) is 5.69 Å². The lowest BCUT2D eigenvalue weighted by atomic mass is 10.0. The topological polar surface area (TPSA) is 50.2 Å². The van der Waals surface area contributed by atoms with E-state index >= 15 is 0 Å². The Bertz CT molecular complexity index is 1270. The number of rotatable bonds is 4. The molecule has 142 valence electrons. The van der Waals surface area contributed by atoms with Crippen LogP contribution in [0, 0.1) is 0 Å². The first-order valence-corrected chi connectivity index (χ1v) is 10.0. The highest BCUT2D eigenvalue weighted by Crippen LogP contribution is 2.35. The smallest absolute Gasteiger partial charge is 0.108 e. The summed E-state index contributed by atoms with van der Waals surface area (Å²) in [6.07, 6.45) is 4.46. The third-order valence-corrected chi connectivity index (χ3v) is 5.61. The van der Waals surface area contributed by atoms with E-state index in [1.165, 1.54) is 0 Å². The molecular weight excluding hydrogens is 403 g/mol. The molecule has 0 fully saturated rings. The monoisotopic (exact) mass is 418 g/mol. The summed E-state index contributed by atoms with van der Waals surface area (Å²) in [6.45, 7) is 0.571. The van der Waals surface area contributed by atoms with Crippen LogP contribution in [0.1, 0.15) is 11.3 Å². The van der Waals surface area contributed by atoms with Gasteiger partial charge in [0.15, 0.2) is 0 Å². The number of benzene rings is 2. The Morgan fingerprint density at radius 2 is 1.83 bits per heavy atom. The van der Waals surface area contributed by atoms with Gasteiger partial charge in [-0.05, 0) is 29.8 Å². The van der Waals surface area contributed by atoms with Gasteiger partial charge in [0, 0.05) is 41.3 Å². The lowest BCUT2D eigenvalue weighted by molar-refractivity contribution is 1.11. The zero-order valence-corrected chi connectivity index (χ0v) is 16.9. The van der Waals surface area contributed by atoms with E-state index in [4.69, 9.17) is 28.2 Å². The molecule has 3 heterocycles. The summed E-state index contributed by atoms with van der Waals surface area (Å²) in [7, 11) is 0. The van der Waals surface area contributed by atoms with Crippen LogP contribution >= 0.6 is 23.2 Å². The maximum atomic E-state index is 6.49. The van der Waals surface area contributed by atoms with Gasteiger partial charge < -0.3 is 5.32 Å². The summed E-state index contributed by atoms with van der Waals surface area (Å²) >= 11 is 12.9. The second kappa shape index (κ2) is 7.47. The number of pyridine rings is 2. The number of aliphatic imine (C=N–C) groups is 1. The molecule has 0 aliphatic carbocycles. The number of halogens is 2. The molecule has 5 rings (SSSR count). The Balaban J connectivity index is 1.61. The molecule has 0 bridgehead atoms. The SMILES string of the molecule is Clc1ccccc1-c1nc2c(Cl)cccc2cc1CNc1ccnc2c1N=CC2. The number of hydrogen-bond donors (Lipinski definition) is 1. The largest absolute Gasteiger partial charge is 0.379 e. The highest BCUT2D eigenvalue weighted by Gasteiger charge is 2.16. The molecule has 1 aliphatic heterocycles. The Morgan fingerprint density at radius 1 is 0.966 bits per heavy atom. The minimum atomic E-state index is 0.571. The minimum absolute atomic E-state index is 0.571. The first-order chi connectivity index (χ1) is 14.2. The average molecular weight is 419 g/mol. The fourth-order valence-electron chi connectivity index (χ4n) is 3.57. The molecule has 4 nitrogen and oxygen atoms in total. The van der Waals surface area contributed by atoms with Crippen LogP contribution in [-0.2, 0) is 13.0 Å². The van der Waals surface area contributed by atoms with E-state index in [2.05, 4.69) is 21.4 Å². The zero-order valence-electron chi connectivity index (χ0n) is 15.4. The summed E-state index contributed by atoms with van der Waals surface area (Å²) in [6, 6.07) is 17.6. The van der Waals surface area contributed by atoms with Crippen LogP contribution in [0.25, 0.3) is 22.2 Å². The summed E-state index contributed by atoms with van der Waals surface area (Å²) in [5.41, 5.74) is 6.35. The van der Waals surface area contributed by atoms with Gasteiger partial charge in [-0.25, -0.2) is 4.98 Å². The molecule has 2 aromatic heterocycles. The lowest BCUT2D eigenvalue weighted by Crippen LogP contribution is -2.04. The molecule has 0 spiro atoms. The molecule has 0 saturated carbocycles. The Labute approximate surface area is 178 Å². The van der Waals surface area contributed by atoms with Gasteiger partial charge in [-0.3, -0.25) is 9.98 Å². The molecule has 0 saturated heterocycles. The van der Waals surface area contributed by atoms with Gasteiger partial charge in [-0.1, -0.05) is 53.5 Å². The van der Waals surface area contributed by atoms with Crippen molar-refractivity contribution in [2.75, 3.05) is 5.32 Å². The third kappa shape index (κ3) is 3.35. The average Bonchev–Trinajstić information content (AvgIpc) is 3.22. The Morgan fingerprint density at radius 3 is 2.72 bits per heavy atom. The molecule has 2 aromatic carbocycles. The number of fused-ring (bicyclic) bond motifs is 2. The van der Waals surface area contributed by atoms with E-state index in [0.29, 0.717) is 16.6 Å². The summed E-state index contributed by atoms with van der Waals surface area (Å²) in [5.74, 6) is 0. The van der Waals surface area contributed by atoms with Crippen LogP contribution in [0.2, 0.25) is 10.0 Å². The van der Waals surface area contributed by atoms with Crippen LogP contribution in [-0.4, -0.2) is 16.2 Å². The van der Waals surface area contributed by atoms with E-state index in [1.807, 2.05) is 60.9 Å². The molecule has 0 radical (unpaired) electrons. The molecule has 1 aliphatic rings. The van der Waals surface area contributed by atoms with Gasteiger partial charge in [-0.15, -0.1) is 0 Å². The number of anilines is 1. The van der Waals surface area contributed by atoms with Crippen LogP contribution < -0.4 is 5.32 Å². The Hall–Kier alpha value is -2.95. The van der Waals surface area contributed by atoms with Crippen molar-refractivity contribution in [2.45, 2.75) is 13.0 Å². The van der Waals surface area contributed by atoms with Crippen LogP contribution in [0.5, 0.6) is 0 Å². The molecule has 6 heteroatoms. The Kier molecular flexibility index (Phi) is 4.66. The third-order valence-electron chi connectivity index (χ3n) is 4.98. The predicted octanol–water partition coefficient (Wildman–Crippen LogP) is 6.47. The van der Waals surface area contributed by atoms with Crippen LogP contribution in [0.15, 0.2) is 65.8 Å². The standard InChI is InChI=1S/C23H16Cl2N4/c24-17-6-2-1-5-16(17)21-15(12-14-4-3-7-18(25)22(14)29-21)13-28-20-8-10-26-19-9-11-27-23(19)20/h1-8,10-12H,9,13H2,(H,26,28). The predicted molar refractivity (Wildman–Crippen MR) is 121 cm³/mol. The molecule has 1 N–H and O–H groups in total. The quantitative estimate of drug-likeness (QED) is 0.412. The van der Waals surface area contributed by atoms with Crippen molar-refractivity contribution in [3.8, 4) is 11.3 Å². The number of hydrogen-bond acceptors (Lipinski definition) is 4. The van der Waals surface area contributed by atoms with Crippen molar-refractivity contribution < 1.29 is 0 Å². The maximum Gasteiger partial charge on any atom is 0.108 e. The van der Waals surface area contributed by atoms with Crippen molar-refractivity contribution in [3.05, 3.63) is 82.1 Å². The van der Waals surface area contributed by atoms with Crippen molar-refractivity contribution >= 4 is 51.7 Å². The number of para-hydroxylation sites is 1. The molecule has 0 unspecified atom stereocenters. The van der Waals surface area contributed by atoms with E-state index < -0.39 is 0 Å². The maximum absolute atomic E-state index is 6.49. The van der Waals surface area contributed by atoms with E-state index in [9.17, 15) is 0 Å². The first-order valence-electron chi connectivity index (χ1n) is 9.28. The molecule has 29 heavy (non-hydrogen) atoms. The van der Waals surface area contributed by atoms with Crippen molar-refractivity contribution in [1.29, 1.82) is 0 Å². The molecule has 4 aromatic rings. The molecular formula is C23H16Cl2N4. The van der Waals surface area contributed by atoms with Gasteiger partial charge in [0.2, 0.25) is 0 Å². The first kappa shape index (κ1) is 18.1. The lowest BCUT2D eigenvalue weighted by Gasteiger charge is -2.15. The van der Waals surface area contributed by atoms with Gasteiger partial charge in [0.05, 0.1) is 27.6 Å². The molecule has 0 amide bonds. The van der Waals surface area contributed by atoms with Crippen LogP contribution in [0.4, 0.5) is 11.4 Å². The second-order valence-corrected chi connectivity index (χ2v) is 7.63. The second-order valence-electron chi connectivity index (χ2n) is 6.81. The normalized spacial score (nSPS) is 12.3. The summed E-state index contributed by atoms with van der Waals surface area (Å²) in [5, 5.41) is 5.77. The zero-order chi connectivity index (χ0) is 19.8. The van der Waals surface area contributed by atoms with Crippen molar-refractivity contribution in [1.82, 2.24) is 9.97 Å². The van der Waals surface area contributed by atoms with Crippen molar-refractivity contribution in [2.24, 2.45) is 4.99 Å². The summed E-state index contributed by atoms with van der Waals surface area (Å²) in [4.78, 5) is 13.7. The number of nitrogens with one attached hydrogen (secondary N) is 1. The van der Waals surface area contributed by atoms with Gasteiger partial charge in [-0.2, -0.15) is 0 Å².